The molecule has 2 heterocycles. The molecule has 264 valence electrons. The molecule has 0 aliphatic carbocycles. The third kappa shape index (κ3) is 6.48. The molecule has 0 saturated carbocycles. The van der Waals surface area contributed by atoms with Gasteiger partial charge in [0.1, 0.15) is 11.5 Å². The number of hydrogen-bond donors (Lipinski definition) is 4. The largest absolute Gasteiger partial charge is 0.508 e. The van der Waals surface area contributed by atoms with Crippen molar-refractivity contribution in [3.63, 3.8) is 0 Å². The highest BCUT2D eigenvalue weighted by molar-refractivity contribution is 6.34. The van der Waals surface area contributed by atoms with Gasteiger partial charge in [-0.15, -0.1) is 0 Å². The fourth-order valence-electron chi connectivity index (χ4n) is 6.22. The first kappa shape index (κ1) is 35.8. The van der Waals surface area contributed by atoms with Crippen LogP contribution in [0.25, 0.3) is 10.8 Å². The van der Waals surface area contributed by atoms with Gasteiger partial charge in [-0.3, -0.25) is 29.0 Å². The number of likely N-dealkylation sites (N-methyl/N-ethyl adjacent to an activating group) is 2. The van der Waals surface area contributed by atoms with E-state index in [1.807, 2.05) is 38.0 Å². The first-order valence-corrected chi connectivity index (χ1v) is 16.4. The summed E-state index contributed by atoms with van der Waals surface area (Å²) in [5.41, 5.74) is 1.97. The minimum absolute atomic E-state index is 0.0500. The number of imide groups is 2. The molecule has 4 N–H and O–H groups in total. The first-order valence-electron chi connectivity index (χ1n) is 16.4. The highest BCUT2D eigenvalue weighted by atomic mass is 16.3. The Hall–Kier alpha value is -6.02. The SMILES string of the molecule is CN(C)CCN1C(=O)c2cc(C#Cc3ccc(O)c(CO)c3)c3c4c(cc(C#Cc5ccc(O)c(CO)c5)c(c24)C1=O)C(=O)N(CCN(C)C)C3=O. The van der Waals surface area contributed by atoms with Crippen LogP contribution in [0.1, 0.15) is 74.8 Å². The van der Waals surface area contributed by atoms with E-state index < -0.39 is 36.8 Å². The van der Waals surface area contributed by atoms with Gasteiger partial charge < -0.3 is 30.2 Å². The van der Waals surface area contributed by atoms with E-state index in [0.29, 0.717) is 24.2 Å². The summed E-state index contributed by atoms with van der Waals surface area (Å²) in [5.74, 6) is 9.28. The van der Waals surface area contributed by atoms with Crippen LogP contribution in [0.15, 0.2) is 48.5 Å². The molecule has 52 heavy (non-hydrogen) atoms. The van der Waals surface area contributed by atoms with Crippen molar-refractivity contribution in [3.05, 3.63) is 104 Å². The molecule has 0 spiro atoms. The van der Waals surface area contributed by atoms with Gasteiger partial charge in [0.15, 0.2) is 0 Å². The van der Waals surface area contributed by atoms with Crippen molar-refractivity contribution in [1.82, 2.24) is 19.6 Å². The second-order valence-corrected chi connectivity index (χ2v) is 13.1. The Morgan fingerprint density at radius 3 is 1.29 bits per heavy atom. The number of nitrogens with zero attached hydrogens (tertiary/aromatic N) is 4. The van der Waals surface area contributed by atoms with Crippen LogP contribution in [0.3, 0.4) is 0 Å². The number of hydrogen-bond acceptors (Lipinski definition) is 10. The molecule has 6 rings (SSSR count). The van der Waals surface area contributed by atoms with E-state index in [1.165, 1.54) is 36.4 Å². The van der Waals surface area contributed by atoms with Gasteiger partial charge in [-0.2, -0.15) is 0 Å². The smallest absolute Gasteiger partial charge is 0.262 e. The van der Waals surface area contributed by atoms with Crippen molar-refractivity contribution in [2.45, 2.75) is 13.2 Å². The Labute approximate surface area is 300 Å². The van der Waals surface area contributed by atoms with Crippen molar-refractivity contribution >= 4 is 34.4 Å². The first-order chi connectivity index (χ1) is 24.8. The maximum absolute atomic E-state index is 14.3. The van der Waals surface area contributed by atoms with Crippen LogP contribution in [0.5, 0.6) is 11.5 Å². The van der Waals surface area contributed by atoms with Gasteiger partial charge in [-0.1, -0.05) is 23.7 Å². The predicted octanol–water partition coefficient (Wildman–Crippen LogP) is 2.35. The summed E-state index contributed by atoms with van der Waals surface area (Å²) >= 11 is 0. The van der Waals surface area contributed by atoms with Crippen molar-refractivity contribution in [2.24, 2.45) is 0 Å². The van der Waals surface area contributed by atoms with Gasteiger partial charge in [0.25, 0.3) is 23.6 Å². The molecule has 0 radical (unpaired) electrons. The van der Waals surface area contributed by atoms with Crippen LogP contribution in [-0.2, 0) is 13.2 Å². The van der Waals surface area contributed by atoms with Gasteiger partial charge in [0.2, 0.25) is 0 Å². The van der Waals surface area contributed by atoms with E-state index >= 15 is 0 Å². The Morgan fingerprint density at radius 2 is 0.942 bits per heavy atom. The van der Waals surface area contributed by atoms with Gasteiger partial charge >= 0.3 is 0 Å². The van der Waals surface area contributed by atoms with Crippen molar-refractivity contribution < 1.29 is 39.6 Å². The maximum Gasteiger partial charge on any atom is 0.262 e. The molecule has 4 aromatic carbocycles. The number of aliphatic hydroxyl groups excluding tert-OH is 2. The molecule has 2 aliphatic heterocycles. The zero-order valence-electron chi connectivity index (χ0n) is 29.1. The lowest BCUT2D eigenvalue weighted by atomic mass is 9.81. The second-order valence-electron chi connectivity index (χ2n) is 13.1. The summed E-state index contributed by atoms with van der Waals surface area (Å²) < 4.78 is 0. The Balaban J connectivity index is 1.67. The Kier molecular flexibility index (Phi) is 9.85. The van der Waals surface area contributed by atoms with Crippen LogP contribution >= 0.6 is 0 Å². The van der Waals surface area contributed by atoms with E-state index in [-0.39, 0.29) is 79.9 Å². The van der Waals surface area contributed by atoms with Crippen LogP contribution in [-0.4, -0.2) is 118 Å². The zero-order valence-corrected chi connectivity index (χ0v) is 29.1. The second kappa shape index (κ2) is 14.3. The molecule has 0 saturated heterocycles. The van der Waals surface area contributed by atoms with Crippen LogP contribution in [0, 0.1) is 23.7 Å². The lowest BCUT2D eigenvalue weighted by Gasteiger charge is -2.33. The van der Waals surface area contributed by atoms with Crippen molar-refractivity contribution in [3.8, 4) is 35.2 Å². The average molecular weight is 701 g/mol. The lowest BCUT2D eigenvalue weighted by molar-refractivity contribution is 0.0579. The molecule has 4 amide bonds. The molecule has 12 nitrogen and oxygen atoms in total. The standard InChI is InChI=1S/C40H36N4O8/c1-41(2)13-15-43-37(49)29-19-26(10-6-24-8-12-32(48)28(18-24)22-46)34-36-30(38(50)44(40(34)52)16-14-42(3)4)20-25(33(35(29)36)39(43)51)9-5-23-7-11-31(47)27(17-23)21-45/h7-8,11-12,17-20,45-48H,13-16,21-22H2,1-4H3. The summed E-state index contributed by atoms with van der Waals surface area (Å²) in [6, 6.07) is 11.8. The molecule has 0 aromatic heterocycles. The van der Waals surface area contributed by atoms with Crippen molar-refractivity contribution in [1.29, 1.82) is 0 Å². The van der Waals surface area contributed by atoms with E-state index in [4.69, 9.17) is 0 Å². The quantitative estimate of drug-likeness (QED) is 0.159. The summed E-state index contributed by atoms with van der Waals surface area (Å²) in [5, 5.41) is 39.7. The van der Waals surface area contributed by atoms with Gasteiger partial charge in [-0.05, 0) is 76.7 Å². The molecular formula is C40H36N4O8. The monoisotopic (exact) mass is 700 g/mol. The number of carbonyl (C=O) groups is 4. The molecule has 0 fully saturated rings. The van der Waals surface area contributed by atoms with Crippen LogP contribution in [0.2, 0.25) is 0 Å². The van der Waals surface area contributed by atoms with Gasteiger partial charge in [0, 0.05) is 81.5 Å². The molecule has 4 aromatic rings. The van der Waals surface area contributed by atoms with E-state index in [9.17, 15) is 39.6 Å². The van der Waals surface area contributed by atoms with E-state index in [1.54, 1.807) is 12.1 Å². The number of carbonyl (C=O) groups excluding carboxylic acids is 4. The molecule has 2 aliphatic rings. The number of aromatic hydroxyl groups is 2. The molecule has 12 heteroatoms. The zero-order chi connectivity index (χ0) is 37.4. The maximum atomic E-state index is 14.3. The van der Waals surface area contributed by atoms with Crippen LogP contribution < -0.4 is 0 Å². The number of phenols is 2. The fraction of sp³-hybridized carbons (Fsp3) is 0.250. The van der Waals surface area contributed by atoms with Gasteiger partial charge in [0.05, 0.1) is 24.3 Å². The topological polar surface area (TPSA) is 162 Å². The molecular weight excluding hydrogens is 664 g/mol. The Morgan fingerprint density at radius 1 is 0.558 bits per heavy atom. The summed E-state index contributed by atoms with van der Waals surface area (Å²) in [4.78, 5) is 63.0. The number of benzene rings is 4. The summed E-state index contributed by atoms with van der Waals surface area (Å²) in [7, 11) is 7.25. The number of amides is 4. The molecule has 0 unspecified atom stereocenters. The molecule has 0 atom stereocenters. The fourth-order valence-corrected chi connectivity index (χ4v) is 6.22. The highest BCUT2D eigenvalue weighted by Gasteiger charge is 2.42. The summed E-state index contributed by atoms with van der Waals surface area (Å²) in [6.45, 7) is -0.0204. The normalized spacial score (nSPS) is 13.5. The third-order valence-corrected chi connectivity index (χ3v) is 9.00. The lowest BCUT2D eigenvalue weighted by Crippen LogP contribution is -2.46. The highest BCUT2D eigenvalue weighted by Crippen LogP contribution is 2.41. The predicted molar refractivity (Wildman–Crippen MR) is 192 cm³/mol. The molecule has 0 bridgehead atoms. The van der Waals surface area contributed by atoms with Crippen molar-refractivity contribution in [2.75, 3.05) is 54.4 Å². The van der Waals surface area contributed by atoms with E-state index in [0.717, 1.165) is 9.80 Å². The summed E-state index contributed by atoms with van der Waals surface area (Å²) in [6.07, 6.45) is 0. The van der Waals surface area contributed by atoms with Crippen LogP contribution in [0.4, 0.5) is 0 Å². The number of rotatable bonds is 8. The third-order valence-electron chi connectivity index (χ3n) is 9.00. The number of aliphatic hydroxyl groups is 2. The van der Waals surface area contributed by atoms with Gasteiger partial charge in [-0.25, -0.2) is 0 Å². The minimum atomic E-state index is -0.628. The Bertz CT molecular complexity index is 2160. The minimum Gasteiger partial charge on any atom is -0.508 e. The average Bonchev–Trinajstić information content (AvgIpc) is 3.11. The van der Waals surface area contributed by atoms with E-state index in [2.05, 4.69) is 23.7 Å².